The van der Waals surface area contributed by atoms with Crippen molar-refractivity contribution in [3.8, 4) is 0 Å². The number of likely N-dealkylation sites (tertiary alicyclic amines) is 1. The van der Waals surface area contributed by atoms with Crippen LogP contribution in [0.1, 0.15) is 70.6 Å². The van der Waals surface area contributed by atoms with Crippen molar-refractivity contribution in [2.45, 2.75) is 88.8 Å². The predicted octanol–water partition coefficient (Wildman–Crippen LogP) is 2.55. The van der Waals surface area contributed by atoms with Crippen LogP contribution in [0.3, 0.4) is 0 Å². The van der Waals surface area contributed by atoms with Crippen LogP contribution in [0.5, 0.6) is 0 Å². The summed E-state index contributed by atoms with van der Waals surface area (Å²) in [5, 5.41) is 6.09. The zero-order chi connectivity index (χ0) is 15.4. The van der Waals surface area contributed by atoms with Crippen molar-refractivity contribution in [2.75, 3.05) is 6.54 Å². The maximum atomic E-state index is 12.2. The number of hydrogen-bond donors (Lipinski definition) is 2. The van der Waals surface area contributed by atoms with E-state index < -0.39 is 0 Å². The fraction of sp³-hybridized carbons (Fsp3) is 0.882. The third-order valence-electron chi connectivity index (χ3n) is 5.45. The second-order valence-corrected chi connectivity index (χ2v) is 7.19. The fourth-order valence-electron chi connectivity index (χ4n) is 4.23. The Morgan fingerprint density at radius 1 is 0.864 bits per heavy atom. The van der Waals surface area contributed by atoms with E-state index in [9.17, 15) is 9.59 Å². The summed E-state index contributed by atoms with van der Waals surface area (Å²) in [5.41, 5.74) is 0. The van der Waals surface area contributed by atoms with Crippen molar-refractivity contribution in [1.82, 2.24) is 15.5 Å². The number of urea groups is 1. The molecule has 0 aromatic carbocycles. The molecule has 0 radical (unpaired) electrons. The molecule has 3 fully saturated rings. The molecular formula is C17H29N3O2. The topological polar surface area (TPSA) is 61.4 Å². The highest BCUT2D eigenvalue weighted by molar-refractivity contribution is 5.82. The molecule has 0 unspecified atom stereocenters. The van der Waals surface area contributed by atoms with Gasteiger partial charge in [0.05, 0.1) is 6.04 Å². The Bertz CT molecular complexity index is 401. The molecule has 0 bridgehead atoms. The lowest BCUT2D eigenvalue weighted by Gasteiger charge is -2.31. The molecule has 2 aliphatic carbocycles. The number of carbonyl (C=O) groups is 2. The number of carbonyl (C=O) groups excluding carboxylic acids is 2. The zero-order valence-electron chi connectivity index (χ0n) is 13.5. The largest absolute Gasteiger partial charge is 0.338 e. The van der Waals surface area contributed by atoms with Gasteiger partial charge in [-0.1, -0.05) is 38.5 Å². The average molecular weight is 307 g/mol. The summed E-state index contributed by atoms with van der Waals surface area (Å²) in [6, 6.07) is 0.628. The van der Waals surface area contributed by atoms with E-state index in [-0.39, 0.29) is 18.0 Å². The molecular weight excluding hydrogens is 278 g/mol. The minimum Gasteiger partial charge on any atom is -0.338 e. The molecule has 0 spiro atoms. The molecule has 5 nitrogen and oxygen atoms in total. The van der Waals surface area contributed by atoms with E-state index in [2.05, 4.69) is 10.6 Å². The van der Waals surface area contributed by atoms with Crippen LogP contribution in [-0.2, 0) is 4.79 Å². The van der Waals surface area contributed by atoms with E-state index >= 15 is 0 Å². The SMILES string of the molecule is O=C(NC1CCCCC1)N[C@@H]1CC(=O)N(C2CCCCC2)C1. The maximum Gasteiger partial charge on any atom is 0.315 e. The molecule has 0 aromatic rings. The molecule has 2 N–H and O–H groups in total. The van der Waals surface area contributed by atoms with E-state index in [4.69, 9.17) is 0 Å². The molecule has 3 rings (SSSR count). The van der Waals surface area contributed by atoms with Gasteiger partial charge in [0.2, 0.25) is 5.91 Å². The van der Waals surface area contributed by atoms with E-state index in [1.165, 1.54) is 38.5 Å². The lowest BCUT2D eigenvalue weighted by Crippen LogP contribution is -2.48. The normalized spacial score (nSPS) is 27.9. The number of nitrogens with zero attached hydrogens (tertiary/aromatic N) is 1. The zero-order valence-corrected chi connectivity index (χ0v) is 13.5. The molecule has 1 atom stereocenters. The van der Waals surface area contributed by atoms with Gasteiger partial charge >= 0.3 is 6.03 Å². The van der Waals surface area contributed by atoms with E-state index in [1.807, 2.05) is 4.90 Å². The quantitative estimate of drug-likeness (QED) is 0.842. The van der Waals surface area contributed by atoms with Crippen molar-refractivity contribution in [1.29, 1.82) is 0 Å². The molecule has 1 saturated heterocycles. The van der Waals surface area contributed by atoms with Gasteiger partial charge in [0.15, 0.2) is 0 Å². The summed E-state index contributed by atoms with van der Waals surface area (Å²) in [7, 11) is 0. The minimum atomic E-state index is -0.0878. The standard InChI is InChI=1S/C17H29N3O2/c21-16-11-14(12-20(16)15-9-5-2-6-10-15)19-17(22)18-13-7-3-1-4-8-13/h13-15H,1-12H2,(H2,18,19,22)/t14-/m1/s1. The molecule has 1 heterocycles. The number of amides is 3. The van der Waals surface area contributed by atoms with Crippen molar-refractivity contribution in [3.05, 3.63) is 0 Å². The van der Waals surface area contributed by atoms with Crippen molar-refractivity contribution in [3.63, 3.8) is 0 Å². The van der Waals surface area contributed by atoms with Crippen LogP contribution in [0.15, 0.2) is 0 Å². The Labute approximate surface area is 133 Å². The van der Waals surface area contributed by atoms with Gasteiger partial charge in [-0.05, 0) is 25.7 Å². The molecule has 1 aliphatic heterocycles. The highest BCUT2D eigenvalue weighted by atomic mass is 16.2. The van der Waals surface area contributed by atoms with Crippen molar-refractivity contribution >= 4 is 11.9 Å². The van der Waals surface area contributed by atoms with Crippen molar-refractivity contribution < 1.29 is 9.59 Å². The Morgan fingerprint density at radius 3 is 2.14 bits per heavy atom. The van der Waals surface area contributed by atoms with Crippen LogP contribution in [0, 0.1) is 0 Å². The smallest absolute Gasteiger partial charge is 0.315 e. The van der Waals surface area contributed by atoms with Gasteiger partial charge in [-0.15, -0.1) is 0 Å². The first-order chi connectivity index (χ1) is 10.7. The van der Waals surface area contributed by atoms with Crippen LogP contribution in [0.2, 0.25) is 0 Å². The summed E-state index contributed by atoms with van der Waals surface area (Å²) in [6.07, 6.45) is 12.4. The molecule has 124 valence electrons. The average Bonchev–Trinajstić information content (AvgIpc) is 2.89. The predicted molar refractivity (Wildman–Crippen MR) is 85.5 cm³/mol. The van der Waals surface area contributed by atoms with E-state index in [1.54, 1.807) is 0 Å². The van der Waals surface area contributed by atoms with E-state index in [0.29, 0.717) is 25.0 Å². The van der Waals surface area contributed by atoms with Crippen LogP contribution in [0.4, 0.5) is 4.79 Å². The summed E-state index contributed by atoms with van der Waals surface area (Å²) in [4.78, 5) is 26.3. The van der Waals surface area contributed by atoms with Gasteiger partial charge in [0.1, 0.15) is 0 Å². The second kappa shape index (κ2) is 7.34. The first-order valence-corrected chi connectivity index (χ1v) is 9.09. The van der Waals surface area contributed by atoms with E-state index in [0.717, 1.165) is 25.7 Å². The Hall–Kier alpha value is -1.26. The van der Waals surface area contributed by atoms with Crippen LogP contribution in [-0.4, -0.2) is 41.5 Å². The fourth-order valence-corrected chi connectivity index (χ4v) is 4.23. The molecule has 3 aliphatic rings. The van der Waals surface area contributed by atoms with Gasteiger partial charge in [0.25, 0.3) is 0 Å². The Balaban J connectivity index is 1.44. The van der Waals surface area contributed by atoms with Gasteiger partial charge in [0, 0.05) is 25.0 Å². The van der Waals surface area contributed by atoms with Crippen LogP contribution in [0.25, 0.3) is 0 Å². The summed E-state index contributed by atoms with van der Waals surface area (Å²) >= 11 is 0. The third-order valence-corrected chi connectivity index (χ3v) is 5.45. The minimum absolute atomic E-state index is 0.0157. The monoisotopic (exact) mass is 307 g/mol. The molecule has 2 saturated carbocycles. The highest BCUT2D eigenvalue weighted by Crippen LogP contribution is 2.26. The van der Waals surface area contributed by atoms with Crippen LogP contribution >= 0.6 is 0 Å². The number of rotatable bonds is 3. The highest BCUT2D eigenvalue weighted by Gasteiger charge is 2.35. The molecule has 3 amide bonds. The maximum absolute atomic E-state index is 12.2. The van der Waals surface area contributed by atoms with Gasteiger partial charge < -0.3 is 15.5 Å². The lowest BCUT2D eigenvalue weighted by molar-refractivity contribution is -0.130. The second-order valence-electron chi connectivity index (χ2n) is 7.19. The van der Waals surface area contributed by atoms with Gasteiger partial charge in [-0.25, -0.2) is 4.79 Å². The first kappa shape index (κ1) is 15.6. The summed E-state index contributed by atoms with van der Waals surface area (Å²) in [6.45, 7) is 0.696. The lowest BCUT2D eigenvalue weighted by atomic mass is 9.94. The first-order valence-electron chi connectivity index (χ1n) is 9.09. The van der Waals surface area contributed by atoms with Gasteiger partial charge in [-0.3, -0.25) is 4.79 Å². The summed E-state index contributed by atoms with van der Waals surface area (Å²) in [5.74, 6) is 0.217. The van der Waals surface area contributed by atoms with Crippen LogP contribution < -0.4 is 10.6 Å². The summed E-state index contributed by atoms with van der Waals surface area (Å²) < 4.78 is 0. The Kier molecular flexibility index (Phi) is 5.21. The van der Waals surface area contributed by atoms with Crippen molar-refractivity contribution in [2.24, 2.45) is 0 Å². The molecule has 22 heavy (non-hydrogen) atoms. The molecule has 5 heteroatoms. The van der Waals surface area contributed by atoms with Gasteiger partial charge in [-0.2, -0.15) is 0 Å². The Morgan fingerprint density at radius 2 is 1.45 bits per heavy atom. The number of hydrogen-bond acceptors (Lipinski definition) is 2. The number of nitrogens with one attached hydrogen (secondary N) is 2. The molecule has 0 aromatic heterocycles. The third kappa shape index (κ3) is 3.93.